The summed E-state index contributed by atoms with van der Waals surface area (Å²) in [6, 6.07) is 9.49. The van der Waals surface area contributed by atoms with Crippen molar-refractivity contribution in [1.29, 1.82) is 0 Å². The van der Waals surface area contributed by atoms with E-state index in [0.717, 1.165) is 17.7 Å². The minimum absolute atomic E-state index is 0.00962. The maximum Gasteiger partial charge on any atom is 0.308 e. The van der Waals surface area contributed by atoms with Gasteiger partial charge in [-0.15, -0.1) is 0 Å². The van der Waals surface area contributed by atoms with Crippen molar-refractivity contribution in [3.05, 3.63) is 53.8 Å². The van der Waals surface area contributed by atoms with Crippen LogP contribution in [0.25, 0.3) is 0 Å². The van der Waals surface area contributed by atoms with Crippen LogP contribution in [0.3, 0.4) is 0 Å². The Balaban J connectivity index is 2.32. The van der Waals surface area contributed by atoms with E-state index in [1.54, 1.807) is 12.1 Å². The largest absolute Gasteiger partial charge is 0.427 e. The average molecular weight is 323 g/mol. The molecule has 0 saturated carbocycles. The summed E-state index contributed by atoms with van der Waals surface area (Å²) in [5, 5.41) is 0. The quantitative estimate of drug-likeness (QED) is 0.693. The zero-order valence-electron chi connectivity index (χ0n) is 12.0. The van der Waals surface area contributed by atoms with Crippen LogP contribution in [0.2, 0.25) is 0 Å². The summed E-state index contributed by atoms with van der Waals surface area (Å²) in [5.41, 5.74) is 0.612. The van der Waals surface area contributed by atoms with Crippen molar-refractivity contribution in [2.24, 2.45) is 0 Å². The standard InChI is InChI=1S/C15H14FNO4S/c1-10-3-6-13(7-4-10)22(19,20)17-15-9-12(21-11(2)18)5-8-14(15)16/h3-9,17H,1-2H3. The third-order valence-electron chi connectivity index (χ3n) is 2.78. The van der Waals surface area contributed by atoms with Crippen LogP contribution in [0.4, 0.5) is 10.1 Å². The van der Waals surface area contributed by atoms with Crippen molar-refractivity contribution in [2.75, 3.05) is 4.72 Å². The fourth-order valence-electron chi connectivity index (χ4n) is 1.73. The molecule has 1 N–H and O–H groups in total. The fourth-order valence-corrected chi connectivity index (χ4v) is 2.79. The molecule has 0 bridgehead atoms. The van der Waals surface area contributed by atoms with E-state index < -0.39 is 21.8 Å². The number of esters is 1. The van der Waals surface area contributed by atoms with Gasteiger partial charge in [0.25, 0.3) is 10.0 Å². The Hall–Kier alpha value is -2.41. The predicted molar refractivity (Wildman–Crippen MR) is 79.7 cm³/mol. The van der Waals surface area contributed by atoms with Crippen molar-refractivity contribution < 1.29 is 22.3 Å². The normalized spacial score (nSPS) is 11.0. The first kappa shape index (κ1) is 16.0. The van der Waals surface area contributed by atoms with E-state index in [-0.39, 0.29) is 16.3 Å². The monoisotopic (exact) mass is 323 g/mol. The van der Waals surface area contributed by atoms with Crippen LogP contribution >= 0.6 is 0 Å². The molecule has 0 radical (unpaired) electrons. The molecule has 0 atom stereocenters. The van der Waals surface area contributed by atoms with E-state index in [4.69, 9.17) is 4.74 Å². The highest BCUT2D eigenvalue weighted by molar-refractivity contribution is 7.92. The van der Waals surface area contributed by atoms with E-state index in [0.29, 0.717) is 0 Å². The highest BCUT2D eigenvalue weighted by Crippen LogP contribution is 2.24. The minimum atomic E-state index is -3.93. The molecule has 0 spiro atoms. The lowest BCUT2D eigenvalue weighted by molar-refractivity contribution is -0.131. The van der Waals surface area contributed by atoms with Crippen LogP contribution in [0.1, 0.15) is 12.5 Å². The number of ether oxygens (including phenoxy) is 1. The average Bonchev–Trinajstić information content (AvgIpc) is 2.42. The molecule has 0 aliphatic rings. The summed E-state index contributed by atoms with van der Waals surface area (Å²) >= 11 is 0. The Kier molecular flexibility index (Phi) is 4.46. The minimum Gasteiger partial charge on any atom is -0.427 e. The second-order valence-electron chi connectivity index (χ2n) is 4.65. The lowest BCUT2D eigenvalue weighted by Gasteiger charge is -2.10. The smallest absolute Gasteiger partial charge is 0.308 e. The SMILES string of the molecule is CC(=O)Oc1ccc(F)c(NS(=O)(=O)c2ccc(C)cc2)c1. The van der Waals surface area contributed by atoms with Gasteiger partial charge in [0.2, 0.25) is 0 Å². The van der Waals surface area contributed by atoms with Crippen molar-refractivity contribution in [3.8, 4) is 5.75 Å². The van der Waals surface area contributed by atoms with Gasteiger partial charge in [-0.1, -0.05) is 17.7 Å². The number of hydrogen-bond acceptors (Lipinski definition) is 4. The van der Waals surface area contributed by atoms with Gasteiger partial charge in [0.1, 0.15) is 11.6 Å². The number of rotatable bonds is 4. The first-order valence-electron chi connectivity index (χ1n) is 6.35. The molecular weight excluding hydrogens is 309 g/mol. The molecule has 0 amide bonds. The Labute approximate surface area is 127 Å². The molecule has 0 aliphatic heterocycles. The van der Waals surface area contributed by atoms with Gasteiger partial charge in [-0.05, 0) is 31.2 Å². The van der Waals surface area contributed by atoms with E-state index in [1.807, 2.05) is 6.92 Å². The maximum atomic E-state index is 13.7. The molecule has 2 aromatic carbocycles. The van der Waals surface area contributed by atoms with Crippen LogP contribution in [0.5, 0.6) is 5.75 Å². The molecule has 0 aliphatic carbocycles. The summed E-state index contributed by atoms with van der Waals surface area (Å²) < 4.78 is 45.1. The van der Waals surface area contributed by atoms with Gasteiger partial charge in [0, 0.05) is 13.0 Å². The number of aryl methyl sites for hydroxylation is 1. The van der Waals surface area contributed by atoms with Crippen LogP contribution in [-0.2, 0) is 14.8 Å². The Morgan fingerprint density at radius 3 is 2.36 bits per heavy atom. The number of benzene rings is 2. The number of nitrogens with one attached hydrogen (secondary N) is 1. The number of carbonyl (C=O) groups is 1. The summed E-state index contributed by atoms with van der Waals surface area (Å²) in [5.74, 6) is -1.30. The lowest BCUT2D eigenvalue weighted by Crippen LogP contribution is -2.14. The van der Waals surface area contributed by atoms with Gasteiger partial charge >= 0.3 is 5.97 Å². The predicted octanol–water partition coefficient (Wildman–Crippen LogP) is 2.86. The van der Waals surface area contributed by atoms with Gasteiger partial charge in [0.05, 0.1) is 10.6 Å². The molecule has 116 valence electrons. The summed E-state index contributed by atoms with van der Waals surface area (Å²) in [6.45, 7) is 3.02. The second-order valence-corrected chi connectivity index (χ2v) is 6.34. The maximum absolute atomic E-state index is 13.7. The topological polar surface area (TPSA) is 72.5 Å². The van der Waals surface area contributed by atoms with Crippen molar-refractivity contribution in [2.45, 2.75) is 18.7 Å². The van der Waals surface area contributed by atoms with E-state index in [1.165, 1.54) is 25.1 Å². The molecule has 22 heavy (non-hydrogen) atoms. The van der Waals surface area contributed by atoms with Crippen molar-refractivity contribution in [3.63, 3.8) is 0 Å². The Morgan fingerprint density at radius 1 is 1.14 bits per heavy atom. The van der Waals surface area contributed by atoms with Crippen LogP contribution in [0.15, 0.2) is 47.4 Å². The molecule has 7 heteroatoms. The molecule has 5 nitrogen and oxygen atoms in total. The van der Waals surface area contributed by atoms with Gasteiger partial charge in [0.15, 0.2) is 0 Å². The zero-order valence-corrected chi connectivity index (χ0v) is 12.8. The van der Waals surface area contributed by atoms with Gasteiger partial charge in [-0.25, -0.2) is 12.8 Å². The molecule has 0 unspecified atom stereocenters. The molecular formula is C15H14FNO4S. The number of hydrogen-bond donors (Lipinski definition) is 1. The zero-order chi connectivity index (χ0) is 16.3. The van der Waals surface area contributed by atoms with Gasteiger partial charge in [-0.3, -0.25) is 9.52 Å². The van der Waals surface area contributed by atoms with E-state index in [9.17, 15) is 17.6 Å². The fraction of sp³-hybridized carbons (Fsp3) is 0.133. The summed E-state index contributed by atoms with van der Waals surface area (Å²) in [7, 11) is -3.93. The highest BCUT2D eigenvalue weighted by Gasteiger charge is 2.17. The summed E-state index contributed by atoms with van der Waals surface area (Å²) in [6.07, 6.45) is 0. The summed E-state index contributed by atoms with van der Waals surface area (Å²) in [4.78, 5) is 10.9. The van der Waals surface area contributed by atoms with Crippen LogP contribution in [0, 0.1) is 12.7 Å². The van der Waals surface area contributed by atoms with Crippen LogP contribution < -0.4 is 9.46 Å². The molecule has 2 aromatic rings. The Bertz CT molecular complexity index is 801. The molecule has 0 heterocycles. The number of halogens is 1. The van der Waals surface area contributed by atoms with E-state index >= 15 is 0 Å². The molecule has 2 rings (SSSR count). The number of carbonyl (C=O) groups excluding carboxylic acids is 1. The van der Waals surface area contributed by atoms with Crippen molar-refractivity contribution in [1.82, 2.24) is 0 Å². The van der Waals surface area contributed by atoms with Gasteiger partial charge in [-0.2, -0.15) is 0 Å². The number of anilines is 1. The molecule has 0 aromatic heterocycles. The molecule has 0 fully saturated rings. The third-order valence-corrected chi connectivity index (χ3v) is 4.16. The molecule has 0 saturated heterocycles. The highest BCUT2D eigenvalue weighted by atomic mass is 32.2. The number of sulfonamides is 1. The van der Waals surface area contributed by atoms with Crippen molar-refractivity contribution >= 4 is 21.7 Å². The van der Waals surface area contributed by atoms with Crippen LogP contribution in [-0.4, -0.2) is 14.4 Å². The first-order chi connectivity index (χ1) is 10.3. The Morgan fingerprint density at radius 2 is 1.77 bits per heavy atom. The first-order valence-corrected chi connectivity index (χ1v) is 7.84. The third kappa shape index (κ3) is 3.82. The van der Waals surface area contributed by atoms with E-state index in [2.05, 4.69) is 4.72 Å². The lowest BCUT2D eigenvalue weighted by atomic mass is 10.2. The van der Waals surface area contributed by atoms with Gasteiger partial charge < -0.3 is 4.74 Å². The second kappa shape index (κ2) is 6.15.